The monoisotopic (exact) mass is 287 g/mol. The molecule has 1 aliphatic heterocycles. The lowest BCUT2D eigenvalue weighted by atomic mass is 9.90. The van der Waals surface area contributed by atoms with Gasteiger partial charge in [-0.15, -0.1) is 0 Å². The summed E-state index contributed by atoms with van der Waals surface area (Å²) in [7, 11) is 0. The molecule has 0 radical (unpaired) electrons. The zero-order valence-corrected chi connectivity index (χ0v) is 13.2. The van der Waals surface area contributed by atoms with Gasteiger partial charge in [0.1, 0.15) is 0 Å². The lowest BCUT2D eigenvalue weighted by Crippen LogP contribution is -2.41. The molecule has 1 saturated carbocycles. The van der Waals surface area contributed by atoms with E-state index in [1.807, 2.05) is 6.07 Å². The van der Waals surface area contributed by atoms with Crippen LogP contribution in [0.5, 0.6) is 0 Å². The Morgan fingerprint density at radius 1 is 1.33 bits per heavy atom. The number of carbonyl (C=O) groups is 1. The van der Waals surface area contributed by atoms with Gasteiger partial charge in [0, 0.05) is 19.1 Å². The van der Waals surface area contributed by atoms with Crippen LogP contribution >= 0.6 is 0 Å². The first-order chi connectivity index (χ1) is 9.87. The first-order valence-electron chi connectivity index (χ1n) is 7.95. The summed E-state index contributed by atoms with van der Waals surface area (Å²) in [5, 5.41) is 9.32. The van der Waals surface area contributed by atoms with Crippen LogP contribution in [0.15, 0.2) is 18.2 Å². The number of fused-ring (bicyclic) bond motifs is 1. The van der Waals surface area contributed by atoms with Crippen LogP contribution in [0.2, 0.25) is 0 Å². The second-order valence-corrected chi connectivity index (χ2v) is 7.59. The maximum atomic E-state index is 11.3. The van der Waals surface area contributed by atoms with Gasteiger partial charge in [-0.2, -0.15) is 0 Å². The lowest BCUT2D eigenvalue weighted by molar-refractivity contribution is 0.0693. The summed E-state index contributed by atoms with van der Waals surface area (Å²) in [4.78, 5) is 13.9. The molecule has 2 unspecified atom stereocenters. The highest BCUT2D eigenvalue weighted by Gasteiger charge is 2.40. The van der Waals surface area contributed by atoms with E-state index < -0.39 is 5.97 Å². The molecule has 1 aliphatic carbocycles. The van der Waals surface area contributed by atoms with E-state index in [4.69, 9.17) is 0 Å². The van der Waals surface area contributed by atoms with Crippen molar-refractivity contribution in [3.63, 3.8) is 0 Å². The van der Waals surface area contributed by atoms with E-state index in [0.29, 0.717) is 17.0 Å². The zero-order chi connectivity index (χ0) is 15.2. The summed E-state index contributed by atoms with van der Waals surface area (Å²) < 4.78 is 0. The van der Waals surface area contributed by atoms with Crippen molar-refractivity contribution in [2.45, 2.75) is 52.6 Å². The van der Waals surface area contributed by atoms with Gasteiger partial charge in [0.2, 0.25) is 0 Å². The van der Waals surface area contributed by atoms with Crippen LogP contribution in [0.3, 0.4) is 0 Å². The van der Waals surface area contributed by atoms with Gasteiger partial charge in [-0.25, -0.2) is 4.79 Å². The first kappa shape index (κ1) is 14.6. The number of carboxylic acids is 1. The summed E-state index contributed by atoms with van der Waals surface area (Å²) in [6.07, 6.45) is 3.40. The topological polar surface area (TPSA) is 40.5 Å². The molecule has 1 aromatic carbocycles. The third kappa shape index (κ3) is 2.71. The third-order valence-corrected chi connectivity index (χ3v) is 5.29. The largest absolute Gasteiger partial charge is 0.478 e. The molecule has 2 aliphatic rings. The van der Waals surface area contributed by atoms with Gasteiger partial charge in [0.15, 0.2) is 0 Å². The normalized spacial score (nSPS) is 28.3. The Balaban J connectivity index is 1.83. The third-order valence-electron chi connectivity index (χ3n) is 5.29. The Morgan fingerprint density at radius 2 is 2.10 bits per heavy atom. The van der Waals surface area contributed by atoms with E-state index in [2.05, 4.69) is 31.7 Å². The van der Waals surface area contributed by atoms with E-state index in [9.17, 15) is 9.90 Å². The van der Waals surface area contributed by atoms with Crippen LogP contribution < -0.4 is 0 Å². The van der Waals surface area contributed by atoms with Crippen molar-refractivity contribution in [2.24, 2.45) is 11.3 Å². The number of hydrogen-bond donors (Lipinski definition) is 1. The van der Waals surface area contributed by atoms with Gasteiger partial charge < -0.3 is 5.11 Å². The predicted octanol–water partition coefficient (Wildman–Crippen LogP) is 3.57. The quantitative estimate of drug-likeness (QED) is 0.904. The van der Waals surface area contributed by atoms with Crippen LogP contribution in [-0.2, 0) is 13.0 Å². The predicted molar refractivity (Wildman–Crippen MR) is 83.5 cm³/mol. The minimum absolute atomic E-state index is 0.438. The molecule has 1 heterocycles. The maximum absolute atomic E-state index is 11.3. The molecule has 2 atom stereocenters. The molecule has 21 heavy (non-hydrogen) atoms. The van der Waals surface area contributed by atoms with Crippen molar-refractivity contribution < 1.29 is 9.90 Å². The number of nitrogens with zero attached hydrogens (tertiary/aromatic N) is 1. The molecular weight excluding hydrogens is 262 g/mol. The highest BCUT2D eigenvalue weighted by molar-refractivity contribution is 5.89. The molecule has 1 aromatic rings. The van der Waals surface area contributed by atoms with Crippen LogP contribution in [0.25, 0.3) is 0 Å². The minimum atomic E-state index is -0.796. The molecule has 3 nitrogen and oxygen atoms in total. The van der Waals surface area contributed by atoms with E-state index in [1.165, 1.54) is 18.4 Å². The molecule has 3 heteroatoms. The molecule has 3 rings (SSSR count). The Labute approximate surface area is 127 Å². The zero-order valence-electron chi connectivity index (χ0n) is 13.2. The summed E-state index contributed by atoms with van der Waals surface area (Å²) in [5.41, 5.74) is 3.18. The molecule has 0 amide bonds. The van der Waals surface area contributed by atoms with Gasteiger partial charge in [-0.3, -0.25) is 4.90 Å². The maximum Gasteiger partial charge on any atom is 0.335 e. The van der Waals surface area contributed by atoms with Crippen LogP contribution in [0.1, 0.15) is 55.1 Å². The summed E-state index contributed by atoms with van der Waals surface area (Å²) in [6.45, 7) is 8.99. The Hall–Kier alpha value is -1.35. The van der Waals surface area contributed by atoms with Crippen molar-refractivity contribution in [1.29, 1.82) is 0 Å². The van der Waals surface area contributed by atoms with E-state index in [0.717, 1.165) is 31.0 Å². The smallest absolute Gasteiger partial charge is 0.335 e. The molecule has 114 valence electrons. The van der Waals surface area contributed by atoms with Crippen molar-refractivity contribution >= 4 is 5.97 Å². The summed E-state index contributed by atoms with van der Waals surface area (Å²) >= 11 is 0. The molecule has 0 spiro atoms. The van der Waals surface area contributed by atoms with Gasteiger partial charge in [-0.05, 0) is 47.8 Å². The molecule has 0 bridgehead atoms. The van der Waals surface area contributed by atoms with Gasteiger partial charge in [-0.1, -0.05) is 32.9 Å². The Bertz CT molecular complexity index is 564. The van der Waals surface area contributed by atoms with Crippen molar-refractivity contribution in [3.05, 3.63) is 34.9 Å². The fourth-order valence-corrected chi connectivity index (χ4v) is 4.46. The fraction of sp³-hybridized carbons (Fsp3) is 0.611. The second kappa shape index (κ2) is 5.13. The molecule has 1 N–H and O–H groups in total. The van der Waals surface area contributed by atoms with Crippen molar-refractivity contribution in [2.75, 3.05) is 6.54 Å². The Morgan fingerprint density at radius 3 is 2.71 bits per heavy atom. The van der Waals surface area contributed by atoms with Gasteiger partial charge in [0.05, 0.1) is 5.56 Å². The van der Waals surface area contributed by atoms with E-state index in [-0.39, 0.29) is 0 Å². The number of aromatic carboxylic acids is 1. The van der Waals surface area contributed by atoms with Crippen molar-refractivity contribution in [3.8, 4) is 0 Å². The highest BCUT2D eigenvalue weighted by Crippen LogP contribution is 2.44. The summed E-state index contributed by atoms with van der Waals surface area (Å²) in [6, 6.07) is 6.35. The number of rotatable bonds is 2. The second-order valence-electron chi connectivity index (χ2n) is 7.59. The molecular formula is C18H25NO2. The van der Waals surface area contributed by atoms with Crippen LogP contribution in [0, 0.1) is 11.3 Å². The highest BCUT2D eigenvalue weighted by atomic mass is 16.4. The average Bonchev–Trinajstić information content (AvgIpc) is 2.70. The minimum Gasteiger partial charge on any atom is -0.478 e. The van der Waals surface area contributed by atoms with E-state index >= 15 is 0 Å². The van der Waals surface area contributed by atoms with Crippen LogP contribution in [0.4, 0.5) is 0 Å². The fourth-order valence-electron chi connectivity index (χ4n) is 4.46. The number of benzene rings is 1. The van der Waals surface area contributed by atoms with Gasteiger partial charge >= 0.3 is 5.97 Å². The Kier molecular flexibility index (Phi) is 3.56. The average molecular weight is 287 g/mol. The first-order valence-corrected chi connectivity index (χ1v) is 7.95. The van der Waals surface area contributed by atoms with Gasteiger partial charge in [0.25, 0.3) is 0 Å². The number of carboxylic acid groups (broad SMARTS) is 1. The standard InChI is InChI=1S/C18H25NO2/c1-12-9-18(2,3)10-16(12)19-8-7-14-13(11-19)5-4-6-15(14)17(20)21/h4-6,12,16H,7-11H2,1-3H3,(H,20,21). The van der Waals surface area contributed by atoms with Crippen LogP contribution in [-0.4, -0.2) is 28.6 Å². The van der Waals surface area contributed by atoms with E-state index in [1.54, 1.807) is 6.07 Å². The SMILES string of the molecule is CC1CC(C)(C)CC1N1CCc2c(cccc2C(=O)O)C1. The summed E-state index contributed by atoms with van der Waals surface area (Å²) in [5.74, 6) is -0.0696. The van der Waals surface area contributed by atoms with Crippen molar-refractivity contribution in [1.82, 2.24) is 4.90 Å². The number of hydrogen-bond acceptors (Lipinski definition) is 2. The lowest BCUT2D eigenvalue weighted by Gasteiger charge is -2.36. The molecule has 0 saturated heterocycles. The molecule has 1 fully saturated rings. The molecule has 0 aromatic heterocycles.